The van der Waals surface area contributed by atoms with Crippen LogP contribution in [0.15, 0.2) is 66.9 Å². The summed E-state index contributed by atoms with van der Waals surface area (Å²) in [5.41, 5.74) is 2.00. The Morgan fingerprint density at radius 2 is 1.87 bits per heavy atom. The summed E-state index contributed by atoms with van der Waals surface area (Å²) in [6.07, 6.45) is 2.55. The molecule has 3 rings (SSSR count). The van der Waals surface area contributed by atoms with Gasteiger partial charge in [0, 0.05) is 12.6 Å². The van der Waals surface area contributed by atoms with Crippen LogP contribution in [-0.4, -0.2) is 24.1 Å². The lowest BCUT2D eigenvalue weighted by Crippen LogP contribution is -2.21. The Morgan fingerprint density at radius 3 is 2.63 bits per heavy atom. The van der Waals surface area contributed by atoms with E-state index in [1.165, 1.54) is 0 Å². The minimum Gasteiger partial charge on any atom is -0.490 e. The molecule has 3 aromatic rings. The Kier molecular flexibility index (Phi) is 7.64. The smallest absolute Gasteiger partial charge is 0.263 e. The number of carbonyl (C=O) groups is 1. The van der Waals surface area contributed by atoms with Crippen molar-refractivity contribution in [3.63, 3.8) is 0 Å². The van der Waals surface area contributed by atoms with Gasteiger partial charge < -0.3 is 14.8 Å². The average molecular weight is 422 g/mol. The van der Waals surface area contributed by atoms with Crippen LogP contribution in [0, 0.1) is 11.3 Å². The molecule has 152 valence electrons. The molecule has 0 fully saturated rings. The standard InChI is InChI=1S/C23H20ClN3O3/c24-19-15-18(17-7-2-1-3-8-17)10-11-20(19)30-16-22(28)27-23-21(9-6-13-26-23)29-14-5-4-12-25/h1-3,6-11,13,15H,4-5,14,16H2,(H,26,27,28). The van der Waals surface area contributed by atoms with Crippen LogP contribution in [0.3, 0.4) is 0 Å². The molecule has 1 N–H and O–H groups in total. The van der Waals surface area contributed by atoms with Gasteiger partial charge in [0.1, 0.15) is 5.75 Å². The summed E-state index contributed by atoms with van der Waals surface area (Å²) in [5.74, 6) is 0.766. The molecule has 0 atom stereocenters. The number of hydrogen-bond donors (Lipinski definition) is 1. The predicted molar refractivity (Wildman–Crippen MR) is 116 cm³/mol. The zero-order valence-electron chi connectivity index (χ0n) is 16.2. The van der Waals surface area contributed by atoms with Crippen molar-refractivity contribution >= 4 is 23.3 Å². The second-order valence-corrected chi connectivity index (χ2v) is 6.72. The Bertz CT molecular complexity index is 1040. The van der Waals surface area contributed by atoms with Gasteiger partial charge in [-0.3, -0.25) is 4.79 Å². The van der Waals surface area contributed by atoms with Crippen molar-refractivity contribution in [2.24, 2.45) is 0 Å². The summed E-state index contributed by atoms with van der Waals surface area (Å²) in [6.45, 7) is 0.136. The van der Waals surface area contributed by atoms with E-state index in [4.69, 9.17) is 26.3 Å². The number of rotatable bonds is 9. The summed E-state index contributed by atoms with van der Waals surface area (Å²) < 4.78 is 11.2. The number of anilines is 1. The Balaban J connectivity index is 1.57. The highest BCUT2D eigenvalue weighted by atomic mass is 35.5. The number of unbranched alkanes of at least 4 members (excludes halogenated alkanes) is 1. The molecule has 0 saturated carbocycles. The average Bonchev–Trinajstić information content (AvgIpc) is 2.77. The molecular weight excluding hydrogens is 402 g/mol. The van der Waals surface area contributed by atoms with Gasteiger partial charge in [-0.05, 0) is 41.8 Å². The van der Waals surface area contributed by atoms with E-state index in [2.05, 4.69) is 16.4 Å². The van der Waals surface area contributed by atoms with Crippen LogP contribution in [0.4, 0.5) is 5.82 Å². The predicted octanol–water partition coefficient (Wildman–Crippen LogP) is 5.10. The monoisotopic (exact) mass is 421 g/mol. The molecule has 0 radical (unpaired) electrons. The van der Waals surface area contributed by atoms with Crippen molar-refractivity contribution < 1.29 is 14.3 Å². The van der Waals surface area contributed by atoms with E-state index in [0.29, 0.717) is 41.8 Å². The van der Waals surface area contributed by atoms with Crippen LogP contribution in [0.1, 0.15) is 12.8 Å². The first-order valence-electron chi connectivity index (χ1n) is 9.40. The van der Waals surface area contributed by atoms with Crippen LogP contribution >= 0.6 is 11.6 Å². The highest BCUT2D eigenvalue weighted by molar-refractivity contribution is 6.32. The molecule has 0 aliphatic rings. The fourth-order valence-corrected chi connectivity index (χ4v) is 2.91. The van der Waals surface area contributed by atoms with Crippen LogP contribution in [-0.2, 0) is 4.79 Å². The Labute approximate surface area is 180 Å². The lowest BCUT2D eigenvalue weighted by atomic mass is 10.1. The first-order valence-corrected chi connectivity index (χ1v) is 9.77. The summed E-state index contributed by atoms with van der Waals surface area (Å²) in [7, 11) is 0. The number of benzene rings is 2. The molecule has 0 aliphatic heterocycles. The molecule has 1 heterocycles. The number of hydrogen-bond acceptors (Lipinski definition) is 5. The van der Waals surface area contributed by atoms with Gasteiger partial charge in [-0.15, -0.1) is 0 Å². The van der Waals surface area contributed by atoms with E-state index in [1.54, 1.807) is 30.5 Å². The maximum absolute atomic E-state index is 12.3. The highest BCUT2D eigenvalue weighted by Crippen LogP contribution is 2.30. The van der Waals surface area contributed by atoms with Crippen LogP contribution in [0.5, 0.6) is 11.5 Å². The topological polar surface area (TPSA) is 84.2 Å². The number of aromatic nitrogens is 1. The zero-order valence-corrected chi connectivity index (χ0v) is 16.9. The van der Waals surface area contributed by atoms with Crippen molar-refractivity contribution in [2.75, 3.05) is 18.5 Å². The number of nitrogens with one attached hydrogen (secondary N) is 1. The third-order valence-electron chi connectivity index (χ3n) is 4.12. The third-order valence-corrected chi connectivity index (χ3v) is 4.41. The fraction of sp³-hybridized carbons (Fsp3) is 0.174. The molecule has 0 saturated heterocycles. The number of amides is 1. The molecule has 1 aromatic heterocycles. The summed E-state index contributed by atoms with van der Waals surface area (Å²) in [4.78, 5) is 16.4. The Hall–Kier alpha value is -3.56. The molecule has 6 nitrogen and oxygen atoms in total. The molecule has 0 aliphatic carbocycles. The molecule has 0 unspecified atom stereocenters. The molecule has 7 heteroatoms. The normalized spacial score (nSPS) is 10.1. The minimum atomic E-state index is -0.390. The highest BCUT2D eigenvalue weighted by Gasteiger charge is 2.11. The lowest BCUT2D eigenvalue weighted by molar-refractivity contribution is -0.118. The quantitative estimate of drug-likeness (QED) is 0.486. The van der Waals surface area contributed by atoms with Gasteiger partial charge in [-0.2, -0.15) is 5.26 Å². The SMILES string of the molecule is N#CCCCOc1cccnc1NC(=O)COc1ccc(-c2ccccc2)cc1Cl. The molecule has 2 aromatic carbocycles. The molecule has 1 amide bonds. The minimum absolute atomic E-state index is 0.227. The molecular formula is C23H20ClN3O3. The largest absolute Gasteiger partial charge is 0.490 e. The van der Waals surface area contributed by atoms with Crippen molar-refractivity contribution in [2.45, 2.75) is 12.8 Å². The van der Waals surface area contributed by atoms with Crippen molar-refractivity contribution in [1.82, 2.24) is 4.98 Å². The van der Waals surface area contributed by atoms with Gasteiger partial charge in [0.05, 0.1) is 17.7 Å². The van der Waals surface area contributed by atoms with Crippen LogP contribution in [0.2, 0.25) is 5.02 Å². The van der Waals surface area contributed by atoms with Gasteiger partial charge >= 0.3 is 0 Å². The van der Waals surface area contributed by atoms with Crippen LogP contribution < -0.4 is 14.8 Å². The van der Waals surface area contributed by atoms with Gasteiger partial charge in [-0.1, -0.05) is 48.0 Å². The zero-order chi connectivity index (χ0) is 21.2. The van der Waals surface area contributed by atoms with Gasteiger partial charge in [0.2, 0.25) is 0 Å². The van der Waals surface area contributed by atoms with Crippen molar-refractivity contribution in [1.29, 1.82) is 5.26 Å². The van der Waals surface area contributed by atoms with E-state index in [0.717, 1.165) is 11.1 Å². The number of ether oxygens (including phenoxy) is 2. The molecule has 0 spiro atoms. The number of halogens is 1. The van der Waals surface area contributed by atoms with Crippen molar-refractivity contribution in [3.8, 4) is 28.7 Å². The maximum Gasteiger partial charge on any atom is 0.263 e. The number of pyridine rings is 1. The summed E-state index contributed by atoms with van der Waals surface area (Å²) in [6, 6.07) is 20.7. The van der Waals surface area contributed by atoms with Crippen molar-refractivity contribution in [3.05, 3.63) is 71.9 Å². The van der Waals surface area contributed by atoms with Gasteiger partial charge in [0.25, 0.3) is 5.91 Å². The Morgan fingerprint density at radius 1 is 1.03 bits per heavy atom. The lowest BCUT2D eigenvalue weighted by Gasteiger charge is -2.12. The molecule has 30 heavy (non-hydrogen) atoms. The van der Waals surface area contributed by atoms with Crippen LogP contribution in [0.25, 0.3) is 11.1 Å². The number of nitrogens with zero attached hydrogens (tertiary/aromatic N) is 2. The van der Waals surface area contributed by atoms with Gasteiger partial charge in [0.15, 0.2) is 18.2 Å². The first-order chi connectivity index (χ1) is 14.7. The number of nitriles is 1. The van der Waals surface area contributed by atoms with E-state index < -0.39 is 5.91 Å². The second-order valence-electron chi connectivity index (χ2n) is 6.31. The van der Waals surface area contributed by atoms with E-state index in [9.17, 15) is 4.79 Å². The summed E-state index contributed by atoms with van der Waals surface area (Å²) in [5, 5.41) is 11.7. The van der Waals surface area contributed by atoms with Gasteiger partial charge in [-0.25, -0.2) is 4.98 Å². The molecule has 0 bridgehead atoms. The second kappa shape index (κ2) is 10.8. The third kappa shape index (κ3) is 5.97. The maximum atomic E-state index is 12.3. The number of carbonyl (C=O) groups excluding carboxylic acids is 1. The first kappa shape index (κ1) is 21.2. The van der Waals surface area contributed by atoms with E-state index in [1.807, 2.05) is 36.4 Å². The summed E-state index contributed by atoms with van der Waals surface area (Å²) >= 11 is 6.32. The fourth-order valence-electron chi connectivity index (χ4n) is 2.67. The van der Waals surface area contributed by atoms with E-state index >= 15 is 0 Å². The van der Waals surface area contributed by atoms with E-state index in [-0.39, 0.29) is 6.61 Å².